The second-order valence-corrected chi connectivity index (χ2v) is 6.34. The van der Waals surface area contributed by atoms with Crippen molar-refractivity contribution in [3.05, 3.63) is 23.2 Å². The Morgan fingerprint density at radius 1 is 1.50 bits per heavy atom. The molecule has 0 aliphatic carbocycles. The molecule has 0 aromatic heterocycles. The zero-order chi connectivity index (χ0) is 13.9. The van der Waals surface area contributed by atoms with Crippen molar-refractivity contribution in [2.45, 2.75) is 24.3 Å². The van der Waals surface area contributed by atoms with Gasteiger partial charge in [0, 0.05) is 6.26 Å². The van der Waals surface area contributed by atoms with Crippen LogP contribution in [0.5, 0.6) is 0 Å². The summed E-state index contributed by atoms with van der Waals surface area (Å²) in [5, 5.41) is 2.78. The monoisotopic (exact) mass is 290 g/mol. The molecule has 1 aromatic carbocycles. The smallest absolute Gasteiger partial charge is 0.241 e. The number of carbonyl (C=O) groups is 1. The van der Waals surface area contributed by atoms with Crippen molar-refractivity contribution in [1.29, 1.82) is 0 Å². The predicted molar refractivity (Wildman–Crippen MR) is 71.5 cm³/mol. The van der Waals surface area contributed by atoms with Gasteiger partial charge in [-0.2, -0.15) is 0 Å². The first-order valence-electron chi connectivity index (χ1n) is 5.31. The molecule has 5 nitrogen and oxygen atoms in total. The summed E-state index contributed by atoms with van der Waals surface area (Å²) in [7, 11) is -3.34. The number of hydrogen-bond donors (Lipinski definition) is 2. The summed E-state index contributed by atoms with van der Waals surface area (Å²) in [6, 6.07) is 3.47. The molecule has 0 saturated carbocycles. The normalized spacial score (nSPS) is 13.1. The fraction of sp³-hybridized carbons (Fsp3) is 0.364. The third-order valence-corrected chi connectivity index (χ3v) is 3.84. The number of rotatable bonds is 4. The highest BCUT2D eigenvalue weighted by Gasteiger charge is 2.15. The molecule has 3 N–H and O–H groups in total. The molecule has 1 unspecified atom stereocenters. The largest absolute Gasteiger partial charge is 0.323 e. The standard InChI is InChI=1S/C11H15ClN2O3S/c1-3-9(13)11(15)14-10-6-7(18(2,16)17)4-5-8(10)12/h4-6,9H,3,13H2,1-2H3,(H,14,15). The van der Waals surface area contributed by atoms with Crippen molar-refractivity contribution >= 4 is 33.0 Å². The van der Waals surface area contributed by atoms with E-state index in [2.05, 4.69) is 5.32 Å². The molecule has 1 rings (SSSR count). The molecule has 0 aliphatic rings. The molecule has 18 heavy (non-hydrogen) atoms. The molecule has 0 aliphatic heterocycles. The van der Waals surface area contributed by atoms with E-state index < -0.39 is 21.8 Å². The van der Waals surface area contributed by atoms with E-state index in [1.807, 2.05) is 0 Å². The van der Waals surface area contributed by atoms with E-state index >= 15 is 0 Å². The minimum atomic E-state index is -3.34. The molecule has 100 valence electrons. The highest BCUT2D eigenvalue weighted by atomic mass is 35.5. The van der Waals surface area contributed by atoms with Crippen LogP contribution in [0.1, 0.15) is 13.3 Å². The average Bonchev–Trinajstić information content (AvgIpc) is 2.29. The van der Waals surface area contributed by atoms with Crippen LogP contribution in [0.4, 0.5) is 5.69 Å². The van der Waals surface area contributed by atoms with Gasteiger partial charge in [0.05, 0.1) is 21.6 Å². The number of benzene rings is 1. The van der Waals surface area contributed by atoms with Gasteiger partial charge in [0.25, 0.3) is 0 Å². The van der Waals surface area contributed by atoms with Crippen molar-refractivity contribution < 1.29 is 13.2 Å². The Morgan fingerprint density at radius 2 is 2.11 bits per heavy atom. The van der Waals surface area contributed by atoms with E-state index in [4.69, 9.17) is 17.3 Å². The average molecular weight is 291 g/mol. The van der Waals surface area contributed by atoms with Crippen molar-refractivity contribution in [3.63, 3.8) is 0 Å². The highest BCUT2D eigenvalue weighted by Crippen LogP contribution is 2.25. The minimum Gasteiger partial charge on any atom is -0.323 e. The quantitative estimate of drug-likeness (QED) is 0.877. The fourth-order valence-corrected chi connectivity index (χ4v) is 2.05. The van der Waals surface area contributed by atoms with E-state index in [1.54, 1.807) is 6.92 Å². The Balaban J connectivity index is 3.06. The lowest BCUT2D eigenvalue weighted by Crippen LogP contribution is -2.34. The summed E-state index contributed by atoms with van der Waals surface area (Å²) in [6.07, 6.45) is 1.56. The second-order valence-electron chi connectivity index (χ2n) is 3.92. The van der Waals surface area contributed by atoms with Crippen molar-refractivity contribution in [2.24, 2.45) is 5.73 Å². The van der Waals surface area contributed by atoms with Crippen molar-refractivity contribution in [2.75, 3.05) is 11.6 Å². The summed E-state index contributed by atoms with van der Waals surface area (Å²) in [5.41, 5.74) is 5.81. The van der Waals surface area contributed by atoms with E-state index in [0.29, 0.717) is 6.42 Å². The van der Waals surface area contributed by atoms with E-state index in [-0.39, 0.29) is 15.6 Å². The van der Waals surface area contributed by atoms with Gasteiger partial charge in [-0.15, -0.1) is 0 Å². The molecule has 0 spiro atoms. The maximum Gasteiger partial charge on any atom is 0.241 e. The highest BCUT2D eigenvalue weighted by molar-refractivity contribution is 7.90. The summed E-state index contributed by atoms with van der Waals surface area (Å²) in [4.78, 5) is 11.7. The van der Waals surface area contributed by atoms with Gasteiger partial charge >= 0.3 is 0 Å². The van der Waals surface area contributed by atoms with Crippen LogP contribution in [0.3, 0.4) is 0 Å². The number of sulfone groups is 1. The maximum absolute atomic E-state index is 11.6. The third kappa shape index (κ3) is 3.69. The van der Waals surface area contributed by atoms with Crippen LogP contribution in [0.25, 0.3) is 0 Å². The van der Waals surface area contributed by atoms with Gasteiger partial charge in [-0.3, -0.25) is 4.79 Å². The SMILES string of the molecule is CCC(N)C(=O)Nc1cc(S(C)(=O)=O)ccc1Cl. The van der Waals surface area contributed by atoms with Crippen LogP contribution in [0.15, 0.2) is 23.1 Å². The Bertz CT molecular complexity index is 557. The number of nitrogens with two attached hydrogens (primary N) is 1. The van der Waals surface area contributed by atoms with E-state index in [1.165, 1.54) is 18.2 Å². The fourth-order valence-electron chi connectivity index (χ4n) is 1.24. The van der Waals surface area contributed by atoms with Gasteiger partial charge in [0.2, 0.25) is 5.91 Å². The van der Waals surface area contributed by atoms with Gasteiger partial charge in [-0.1, -0.05) is 18.5 Å². The number of anilines is 1. The third-order valence-electron chi connectivity index (χ3n) is 2.40. The van der Waals surface area contributed by atoms with Gasteiger partial charge < -0.3 is 11.1 Å². The molecule has 0 heterocycles. The molecule has 1 amide bonds. The summed E-state index contributed by atoms with van der Waals surface area (Å²) < 4.78 is 22.8. The Labute approximate surface area is 111 Å². The van der Waals surface area contributed by atoms with Crippen molar-refractivity contribution in [3.8, 4) is 0 Å². The van der Waals surface area contributed by atoms with E-state index in [9.17, 15) is 13.2 Å². The lowest BCUT2D eigenvalue weighted by atomic mass is 10.2. The number of carbonyl (C=O) groups excluding carboxylic acids is 1. The lowest BCUT2D eigenvalue weighted by Gasteiger charge is -2.12. The molecule has 1 atom stereocenters. The Hall–Kier alpha value is -1.11. The van der Waals surface area contributed by atoms with Gasteiger partial charge in [-0.05, 0) is 24.6 Å². The maximum atomic E-state index is 11.6. The first-order chi connectivity index (χ1) is 8.25. The molecule has 0 radical (unpaired) electrons. The summed E-state index contributed by atoms with van der Waals surface area (Å²) in [5.74, 6) is -0.398. The molecule has 1 aromatic rings. The summed E-state index contributed by atoms with van der Waals surface area (Å²) in [6.45, 7) is 1.78. The zero-order valence-electron chi connectivity index (χ0n) is 10.1. The molecule has 7 heteroatoms. The van der Waals surface area contributed by atoms with Crippen LogP contribution in [-0.4, -0.2) is 26.6 Å². The molecular weight excluding hydrogens is 276 g/mol. The second kappa shape index (κ2) is 5.69. The lowest BCUT2D eigenvalue weighted by molar-refractivity contribution is -0.117. The van der Waals surface area contributed by atoms with E-state index in [0.717, 1.165) is 6.26 Å². The van der Waals surface area contributed by atoms with Crippen LogP contribution < -0.4 is 11.1 Å². The topological polar surface area (TPSA) is 89.3 Å². The summed E-state index contributed by atoms with van der Waals surface area (Å²) >= 11 is 5.89. The first-order valence-corrected chi connectivity index (χ1v) is 7.58. The number of halogens is 1. The van der Waals surface area contributed by atoms with Gasteiger partial charge in [0.15, 0.2) is 9.84 Å². The molecular formula is C11H15ClN2O3S. The van der Waals surface area contributed by atoms with Gasteiger partial charge in [-0.25, -0.2) is 8.42 Å². The van der Waals surface area contributed by atoms with Crippen LogP contribution in [0, 0.1) is 0 Å². The van der Waals surface area contributed by atoms with Crippen LogP contribution in [-0.2, 0) is 14.6 Å². The zero-order valence-corrected chi connectivity index (χ0v) is 11.7. The Kier molecular flexibility index (Phi) is 4.72. The number of hydrogen-bond acceptors (Lipinski definition) is 4. The van der Waals surface area contributed by atoms with Gasteiger partial charge in [0.1, 0.15) is 0 Å². The minimum absolute atomic E-state index is 0.0901. The van der Waals surface area contributed by atoms with Crippen LogP contribution in [0.2, 0.25) is 5.02 Å². The molecule has 0 saturated heterocycles. The Morgan fingerprint density at radius 3 is 2.61 bits per heavy atom. The van der Waals surface area contributed by atoms with Crippen molar-refractivity contribution in [1.82, 2.24) is 0 Å². The number of amides is 1. The van der Waals surface area contributed by atoms with Crippen LogP contribution >= 0.6 is 11.6 Å². The first kappa shape index (κ1) is 14.9. The number of nitrogens with one attached hydrogen (secondary N) is 1. The molecule has 0 bridgehead atoms. The molecule has 0 fully saturated rings. The predicted octanol–water partition coefficient (Wildman–Crippen LogP) is 1.42.